The van der Waals surface area contributed by atoms with Crippen molar-refractivity contribution in [2.75, 3.05) is 39.3 Å². The predicted molar refractivity (Wildman–Crippen MR) is 122 cm³/mol. The number of rotatable bonds is 9. The van der Waals surface area contributed by atoms with E-state index in [1.165, 1.54) is 0 Å². The second-order valence-electron chi connectivity index (χ2n) is 7.77. The third kappa shape index (κ3) is 4.59. The van der Waals surface area contributed by atoms with Gasteiger partial charge in [-0.15, -0.1) is 0 Å². The summed E-state index contributed by atoms with van der Waals surface area (Å²) >= 11 is 0. The first-order valence-corrected chi connectivity index (χ1v) is 10.8. The summed E-state index contributed by atoms with van der Waals surface area (Å²) in [5.74, 6) is 1.92. The molecule has 1 amide bonds. The van der Waals surface area contributed by atoms with E-state index in [9.17, 15) is 4.79 Å². The Hall–Kier alpha value is -3.42. The molecule has 1 aliphatic rings. The summed E-state index contributed by atoms with van der Waals surface area (Å²) < 4.78 is 22.2. The van der Waals surface area contributed by atoms with E-state index in [2.05, 4.69) is 15.2 Å². The van der Waals surface area contributed by atoms with Crippen LogP contribution in [0.5, 0.6) is 17.2 Å². The molecule has 3 aromatic rings. The van der Waals surface area contributed by atoms with Crippen molar-refractivity contribution in [1.82, 2.24) is 10.3 Å². The lowest BCUT2D eigenvalue weighted by molar-refractivity contribution is -0.121. The van der Waals surface area contributed by atoms with Gasteiger partial charge in [-0.1, -0.05) is 12.1 Å². The molecule has 8 heteroatoms. The summed E-state index contributed by atoms with van der Waals surface area (Å²) in [6.45, 7) is 1.42. The SMILES string of the molecule is COc1cc(OC)c(CCC(=O)NC[C@@H]2CCCN2c2nc3ccccc3o2)c(OC)c1. The molecule has 0 radical (unpaired) electrons. The van der Waals surface area contributed by atoms with Crippen LogP contribution in [0.3, 0.4) is 0 Å². The molecular formula is C24H29N3O5. The van der Waals surface area contributed by atoms with E-state index in [1.54, 1.807) is 33.5 Å². The minimum Gasteiger partial charge on any atom is -0.496 e. The molecular weight excluding hydrogens is 410 g/mol. The number of amides is 1. The number of para-hydroxylation sites is 2. The van der Waals surface area contributed by atoms with Crippen molar-refractivity contribution >= 4 is 23.0 Å². The summed E-state index contributed by atoms with van der Waals surface area (Å²) in [7, 11) is 4.78. The van der Waals surface area contributed by atoms with Crippen LogP contribution >= 0.6 is 0 Å². The Bertz CT molecular complexity index is 1020. The van der Waals surface area contributed by atoms with E-state index in [4.69, 9.17) is 18.6 Å². The van der Waals surface area contributed by atoms with Gasteiger partial charge in [-0.05, 0) is 31.4 Å². The average molecular weight is 440 g/mol. The van der Waals surface area contributed by atoms with Crippen LogP contribution < -0.4 is 24.4 Å². The first-order chi connectivity index (χ1) is 15.6. The number of hydrogen-bond acceptors (Lipinski definition) is 7. The van der Waals surface area contributed by atoms with E-state index in [-0.39, 0.29) is 11.9 Å². The number of benzene rings is 2. The number of carbonyl (C=O) groups is 1. The molecule has 0 unspecified atom stereocenters. The maximum Gasteiger partial charge on any atom is 0.298 e. The molecule has 2 aromatic carbocycles. The highest BCUT2D eigenvalue weighted by Gasteiger charge is 2.28. The first kappa shape index (κ1) is 21.8. The zero-order chi connectivity index (χ0) is 22.5. The van der Waals surface area contributed by atoms with Crippen molar-refractivity contribution in [2.45, 2.75) is 31.7 Å². The molecule has 0 bridgehead atoms. The monoisotopic (exact) mass is 439 g/mol. The third-order valence-electron chi connectivity index (χ3n) is 5.86. The first-order valence-electron chi connectivity index (χ1n) is 10.8. The Labute approximate surface area is 187 Å². The molecule has 1 N–H and O–H groups in total. The standard InChI is InChI=1S/C24H29N3O5/c1-29-17-13-21(30-2)18(22(14-17)31-3)10-11-23(28)25-15-16-7-6-12-27(16)24-26-19-8-4-5-9-20(19)32-24/h4-5,8-9,13-14,16H,6-7,10-12,15H2,1-3H3,(H,25,28)/t16-/m0/s1. The van der Waals surface area contributed by atoms with Crippen molar-refractivity contribution in [1.29, 1.82) is 0 Å². The number of fused-ring (bicyclic) bond motifs is 1. The number of aromatic nitrogens is 1. The summed E-state index contributed by atoms with van der Waals surface area (Å²) in [5, 5.41) is 3.07. The number of nitrogens with zero attached hydrogens (tertiary/aromatic N) is 2. The smallest absolute Gasteiger partial charge is 0.298 e. The van der Waals surface area contributed by atoms with Crippen LogP contribution in [0.4, 0.5) is 6.01 Å². The van der Waals surface area contributed by atoms with E-state index >= 15 is 0 Å². The fourth-order valence-electron chi connectivity index (χ4n) is 4.17. The van der Waals surface area contributed by atoms with Gasteiger partial charge in [-0.3, -0.25) is 4.79 Å². The Morgan fingerprint density at radius 1 is 1.16 bits per heavy atom. The molecule has 1 aromatic heterocycles. The molecule has 8 nitrogen and oxygen atoms in total. The van der Waals surface area contributed by atoms with Crippen LogP contribution in [0.1, 0.15) is 24.8 Å². The minimum absolute atomic E-state index is 0.0191. The highest BCUT2D eigenvalue weighted by molar-refractivity contribution is 5.77. The van der Waals surface area contributed by atoms with Gasteiger partial charge < -0.3 is 28.8 Å². The molecule has 1 atom stereocenters. The van der Waals surface area contributed by atoms with Crippen LogP contribution in [-0.4, -0.2) is 51.4 Å². The minimum atomic E-state index is -0.0191. The van der Waals surface area contributed by atoms with Crippen LogP contribution in [0, 0.1) is 0 Å². The van der Waals surface area contributed by atoms with Gasteiger partial charge in [0.25, 0.3) is 6.01 Å². The topological polar surface area (TPSA) is 86.1 Å². The second kappa shape index (κ2) is 9.80. The zero-order valence-electron chi connectivity index (χ0n) is 18.7. The van der Waals surface area contributed by atoms with Gasteiger partial charge >= 0.3 is 0 Å². The molecule has 0 spiro atoms. The molecule has 1 saturated heterocycles. The van der Waals surface area contributed by atoms with Crippen molar-refractivity contribution in [3.63, 3.8) is 0 Å². The number of hydrogen-bond donors (Lipinski definition) is 1. The Morgan fingerprint density at radius 2 is 1.91 bits per heavy atom. The van der Waals surface area contributed by atoms with E-state index in [0.717, 1.165) is 36.0 Å². The van der Waals surface area contributed by atoms with Gasteiger partial charge in [-0.2, -0.15) is 4.98 Å². The van der Waals surface area contributed by atoms with Gasteiger partial charge in [0.2, 0.25) is 5.91 Å². The molecule has 0 saturated carbocycles. The highest BCUT2D eigenvalue weighted by Crippen LogP contribution is 2.35. The van der Waals surface area contributed by atoms with Crippen LogP contribution in [0.25, 0.3) is 11.1 Å². The van der Waals surface area contributed by atoms with Crippen molar-refractivity contribution in [2.24, 2.45) is 0 Å². The van der Waals surface area contributed by atoms with E-state index in [0.29, 0.717) is 42.6 Å². The highest BCUT2D eigenvalue weighted by atomic mass is 16.5. The maximum absolute atomic E-state index is 12.6. The van der Waals surface area contributed by atoms with Gasteiger partial charge in [0.15, 0.2) is 5.58 Å². The number of carbonyl (C=O) groups excluding carboxylic acids is 1. The van der Waals surface area contributed by atoms with Crippen LogP contribution in [-0.2, 0) is 11.2 Å². The molecule has 32 heavy (non-hydrogen) atoms. The fourth-order valence-corrected chi connectivity index (χ4v) is 4.17. The zero-order valence-corrected chi connectivity index (χ0v) is 18.7. The van der Waals surface area contributed by atoms with Crippen molar-refractivity contribution in [3.8, 4) is 17.2 Å². The summed E-state index contributed by atoms with van der Waals surface area (Å²) in [4.78, 5) is 19.4. The molecule has 1 fully saturated rings. The lowest BCUT2D eigenvalue weighted by Gasteiger charge is -2.23. The lowest BCUT2D eigenvalue weighted by Crippen LogP contribution is -2.40. The quantitative estimate of drug-likeness (QED) is 0.545. The Balaban J connectivity index is 1.36. The van der Waals surface area contributed by atoms with E-state index in [1.807, 2.05) is 24.3 Å². The van der Waals surface area contributed by atoms with Gasteiger partial charge in [0.1, 0.15) is 22.8 Å². The molecule has 170 valence electrons. The number of oxazole rings is 1. The van der Waals surface area contributed by atoms with E-state index < -0.39 is 0 Å². The summed E-state index contributed by atoms with van der Waals surface area (Å²) in [6, 6.07) is 12.1. The van der Waals surface area contributed by atoms with Crippen molar-refractivity contribution in [3.05, 3.63) is 42.0 Å². The number of ether oxygens (including phenoxy) is 3. The maximum atomic E-state index is 12.6. The molecule has 2 heterocycles. The van der Waals surface area contributed by atoms with Gasteiger partial charge in [0.05, 0.1) is 27.4 Å². The fraction of sp³-hybridized carbons (Fsp3) is 0.417. The van der Waals surface area contributed by atoms with Crippen molar-refractivity contribution < 1.29 is 23.4 Å². The van der Waals surface area contributed by atoms with Gasteiger partial charge in [0, 0.05) is 37.2 Å². The third-order valence-corrected chi connectivity index (χ3v) is 5.86. The summed E-state index contributed by atoms with van der Waals surface area (Å²) in [6.07, 6.45) is 2.86. The second-order valence-corrected chi connectivity index (χ2v) is 7.77. The largest absolute Gasteiger partial charge is 0.496 e. The molecule has 1 aliphatic heterocycles. The normalized spacial score (nSPS) is 15.7. The number of anilines is 1. The van der Waals surface area contributed by atoms with Gasteiger partial charge in [-0.25, -0.2) is 0 Å². The number of nitrogens with one attached hydrogen (secondary N) is 1. The summed E-state index contributed by atoms with van der Waals surface area (Å²) in [5.41, 5.74) is 2.47. The van der Waals surface area contributed by atoms with Crippen LogP contribution in [0.15, 0.2) is 40.8 Å². The van der Waals surface area contributed by atoms with Crippen LogP contribution in [0.2, 0.25) is 0 Å². The molecule has 0 aliphatic carbocycles. The Kier molecular flexibility index (Phi) is 6.68. The number of methoxy groups -OCH3 is 3. The lowest BCUT2D eigenvalue weighted by atomic mass is 10.1. The average Bonchev–Trinajstić information content (AvgIpc) is 3.47. The Morgan fingerprint density at radius 3 is 2.59 bits per heavy atom. The predicted octanol–water partition coefficient (Wildman–Crippen LogP) is 3.57. The molecule has 4 rings (SSSR count).